The lowest BCUT2D eigenvalue weighted by Gasteiger charge is -2.26. The Hall–Kier alpha value is -2.16. The maximum Gasteiger partial charge on any atom is 0.328 e. The molecule has 0 amide bonds. The summed E-state index contributed by atoms with van der Waals surface area (Å²) in [6, 6.07) is 3.18. The van der Waals surface area contributed by atoms with Gasteiger partial charge in [0.1, 0.15) is 11.6 Å². The lowest BCUT2D eigenvalue weighted by Crippen LogP contribution is -2.34. The lowest BCUT2D eigenvalue weighted by molar-refractivity contribution is -0.384. The molecule has 1 fully saturated rings. The highest BCUT2D eigenvalue weighted by molar-refractivity contribution is 5.64. The van der Waals surface area contributed by atoms with E-state index < -0.39 is 4.92 Å². The SMILES string of the molecule is CC(C)(Nc1nccc(C#N)c1[N+](=O)[O-])C1CC1. The van der Waals surface area contributed by atoms with E-state index in [0.29, 0.717) is 5.92 Å². The standard InChI is InChI=1S/C12H14N4O2/c1-12(2,9-3-4-9)15-11-10(16(17)18)8(7-13)5-6-14-11/h5-6,9H,3-4H2,1-2H3,(H,14,15). The molecule has 0 bridgehead atoms. The van der Waals surface area contributed by atoms with Gasteiger partial charge in [0.15, 0.2) is 0 Å². The molecule has 0 unspecified atom stereocenters. The molecule has 1 aromatic rings. The molecule has 1 saturated carbocycles. The number of pyridine rings is 1. The van der Waals surface area contributed by atoms with Crippen molar-refractivity contribution < 1.29 is 4.92 Å². The van der Waals surface area contributed by atoms with Crippen molar-refractivity contribution in [3.8, 4) is 6.07 Å². The topological polar surface area (TPSA) is 91.8 Å². The van der Waals surface area contributed by atoms with Crippen molar-refractivity contribution in [3.63, 3.8) is 0 Å². The average molecular weight is 246 g/mol. The third-order valence-corrected chi connectivity index (χ3v) is 3.27. The second-order valence-corrected chi connectivity index (χ2v) is 5.05. The summed E-state index contributed by atoms with van der Waals surface area (Å²) in [5.74, 6) is 0.681. The van der Waals surface area contributed by atoms with Gasteiger partial charge in [0.25, 0.3) is 0 Å². The van der Waals surface area contributed by atoms with Gasteiger partial charge in [-0.1, -0.05) is 0 Å². The number of aromatic nitrogens is 1. The van der Waals surface area contributed by atoms with E-state index in [4.69, 9.17) is 5.26 Å². The van der Waals surface area contributed by atoms with Crippen molar-refractivity contribution in [2.75, 3.05) is 5.32 Å². The summed E-state index contributed by atoms with van der Waals surface area (Å²) >= 11 is 0. The van der Waals surface area contributed by atoms with Crippen LogP contribution in [0.2, 0.25) is 0 Å². The molecule has 0 radical (unpaired) electrons. The summed E-state index contributed by atoms with van der Waals surface area (Å²) < 4.78 is 0. The second-order valence-electron chi connectivity index (χ2n) is 5.05. The van der Waals surface area contributed by atoms with Crippen LogP contribution in [0.15, 0.2) is 12.3 Å². The fourth-order valence-corrected chi connectivity index (χ4v) is 2.03. The van der Waals surface area contributed by atoms with Gasteiger partial charge in [0, 0.05) is 11.7 Å². The van der Waals surface area contributed by atoms with E-state index >= 15 is 0 Å². The number of nitrogens with one attached hydrogen (secondary N) is 1. The summed E-state index contributed by atoms with van der Waals surface area (Å²) in [7, 11) is 0. The molecule has 1 heterocycles. The minimum absolute atomic E-state index is 0.0316. The molecule has 0 saturated heterocycles. The summed E-state index contributed by atoms with van der Waals surface area (Å²) in [6.07, 6.45) is 3.65. The first kappa shape index (κ1) is 12.3. The smallest absolute Gasteiger partial charge is 0.328 e. The first-order chi connectivity index (χ1) is 8.45. The number of rotatable bonds is 4. The van der Waals surface area contributed by atoms with E-state index in [2.05, 4.69) is 10.3 Å². The summed E-state index contributed by atoms with van der Waals surface area (Å²) in [5.41, 5.74) is -0.455. The van der Waals surface area contributed by atoms with Crippen LogP contribution in [0.5, 0.6) is 0 Å². The Labute approximate surface area is 105 Å². The maximum absolute atomic E-state index is 11.0. The lowest BCUT2D eigenvalue weighted by atomic mass is 9.98. The Kier molecular flexibility index (Phi) is 2.91. The predicted molar refractivity (Wildman–Crippen MR) is 66.0 cm³/mol. The van der Waals surface area contributed by atoms with Gasteiger partial charge in [-0.3, -0.25) is 10.1 Å². The molecule has 0 aromatic carbocycles. The number of hydrogen-bond donors (Lipinski definition) is 1. The van der Waals surface area contributed by atoms with Gasteiger partial charge in [0.05, 0.1) is 4.92 Å². The van der Waals surface area contributed by atoms with E-state index in [-0.39, 0.29) is 22.6 Å². The molecule has 0 aliphatic heterocycles. The first-order valence-corrected chi connectivity index (χ1v) is 5.77. The molecular weight excluding hydrogens is 232 g/mol. The fourth-order valence-electron chi connectivity index (χ4n) is 2.03. The fraction of sp³-hybridized carbons (Fsp3) is 0.500. The maximum atomic E-state index is 11.0. The van der Waals surface area contributed by atoms with Crippen molar-refractivity contribution in [2.24, 2.45) is 5.92 Å². The van der Waals surface area contributed by atoms with Crippen LogP contribution in [-0.4, -0.2) is 15.4 Å². The van der Waals surface area contributed by atoms with Crippen LogP contribution in [0.3, 0.4) is 0 Å². The Morgan fingerprint density at radius 2 is 2.28 bits per heavy atom. The Morgan fingerprint density at radius 3 is 2.78 bits per heavy atom. The van der Waals surface area contributed by atoms with Crippen LogP contribution in [0, 0.1) is 27.4 Å². The predicted octanol–water partition coefficient (Wildman–Crippen LogP) is 2.46. The second kappa shape index (κ2) is 4.26. The van der Waals surface area contributed by atoms with Gasteiger partial charge in [-0.2, -0.15) is 5.26 Å². The van der Waals surface area contributed by atoms with E-state index in [0.717, 1.165) is 12.8 Å². The van der Waals surface area contributed by atoms with Gasteiger partial charge in [-0.25, -0.2) is 4.98 Å². The van der Waals surface area contributed by atoms with Gasteiger partial charge in [0.2, 0.25) is 5.82 Å². The van der Waals surface area contributed by atoms with Crippen LogP contribution in [0.4, 0.5) is 11.5 Å². The van der Waals surface area contributed by atoms with Crippen LogP contribution in [0.1, 0.15) is 32.3 Å². The van der Waals surface area contributed by atoms with E-state index in [1.165, 1.54) is 12.3 Å². The van der Waals surface area contributed by atoms with E-state index in [9.17, 15) is 10.1 Å². The van der Waals surface area contributed by atoms with Gasteiger partial charge in [-0.05, 0) is 38.7 Å². The van der Waals surface area contributed by atoms with Crippen molar-refractivity contribution in [2.45, 2.75) is 32.2 Å². The molecule has 1 aromatic heterocycles. The molecule has 0 spiro atoms. The molecule has 1 aliphatic rings. The molecule has 6 nitrogen and oxygen atoms in total. The Morgan fingerprint density at radius 1 is 1.61 bits per heavy atom. The largest absolute Gasteiger partial charge is 0.359 e. The number of nitro groups is 1. The van der Waals surface area contributed by atoms with Gasteiger partial charge >= 0.3 is 5.69 Å². The van der Waals surface area contributed by atoms with Crippen LogP contribution in [-0.2, 0) is 0 Å². The number of hydrogen-bond acceptors (Lipinski definition) is 5. The molecule has 6 heteroatoms. The first-order valence-electron chi connectivity index (χ1n) is 5.77. The zero-order valence-electron chi connectivity index (χ0n) is 10.3. The summed E-state index contributed by atoms with van der Waals surface area (Å²) in [5, 5.41) is 23.0. The molecule has 0 atom stereocenters. The third kappa shape index (κ3) is 2.25. The normalized spacial score (nSPS) is 14.9. The molecule has 18 heavy (non-hydrogen) atoms. The van der Waals surface area contributed by atoms with Crippen LogP contribution >= 0.6 is 0 Å². The van der Waals surface area contributed by atoms with Gasteiger partial charge < -0.3 is 5.32 Å². The molecule has 2 rings (SSSR count). The van der Waals surface area contributed by atoms with E-state index in [1.807, 2.05) is 19.9 Å². The zero-order valence-corrected chi connectivity index (χ0v) is 10.3. The summed E-state index contributed by atoms with van der Waals surface area (Å²) in [4.78, 5) is 14.5. The van der Waals surface area contributed by atoms with Crippen LogP contribution in [0.25, 0.3) is 0 Å². The highest BCUT2D eigenvalue weighted by Gasteiger charge is 2.39. The number of anilines is 1. The van der Waals surface area contributed by atoms with Crippen molar-refractivity contribution >= 4 is 11.5 Å². The third-order valence-electron chi connectivity index (χ3n) is 3.27. The summed E-state index contributed by atoms with van der Waals surface area (Å²) in [6.45, 7) is 3.99. The number of nitriles is 1. The molecule has 1 N–H and O–H groups in total. The molecular formula is C12H14N4O2. The van der Waals surface area contributed by atoms with Crippen molar-refractivity contribution in [3.05, 3.63) is 27.9 Å². The highest BCUT2D eigenvalue weighted by Crippen LogP contribution is 2.42. The van der Waals surface area contributed by atoms with Crippen LogP contribution < -0.4 is 5.32 Å². The van der Waals surface area contributed by atoms with Gasteiger partial charge in [-0.15, -0.1) is 0 Å². The molecule has 1 aliphatic carbocycles. The van der Waals surface area contributed by atoms with Crippen molar-refractivity contribution in [1.82, 2.24) is 4.98 Å². The Bertz CT molecular complexity index is 529. The monoisotopic (exact) mass is 246 g/mol. The minimum Gasteiger partial charge on any atom is -0.359 e. The highest BCUT2D eigenvalue weighted by atomic mass is 16.6. The minimum atomic E-state index is -0.559. The zero-order chi connectivity index (χ0) is 13.3. The average Bonchev–Trinajstić information content (AvgIpc) is 3.11. The Balaban J connectivity index is 2.38. The van der Waals surface area contributed by atoms with E-state index in [1.54, 1.807) is 0 Å². The van der Waals surface area contributed by atoms with Crippen molar-refractivity contribution in [1.29, 1.82) is 5.26 Å². The number of nitrogens with zero attached hydrogens (tertiary/aromatic N) is 3. The quantitative estimate of drug-likeness (QED) is 0.650. The molecule has 94 valence electrons.